The van der Waals surface area contributed by atoms with Crippen LogP contribution in [0, 0.1) is 0 Å². The highest BCUT2D eigenvalue weighted by atomic mass is 16.4. The Labute approximate surface area is 104 Å². The lowest BCUT2D eigenvalue weighted by molar-refractivity contribution is 0.410. The van der Waals surface area contributed by atoms with Gasteiger partial charge in [-0.1, -0.05) is 12.0 Å². The first kappa shape index (κ1) is 14.0. The summed E-state index contributed by atoms with van der Waals surface area (Å²) in [5, 5.41) is 11.5. The fourth-order valence-electron chi connectivity index (χ4n) is 1.69. The van der Waals surface area contributed by atoms with Gasteiger partial charge in [0, 0.05) is 12.6 Å². The van der Waals surface area contributed by atoms with Crippen LogP contribution in [0.5, 0.6) is 0 Å². The smallest absolute Gasteiger partial charge is 0.318 e. The Hall–Kier alpha value is -1.10. The molecule has 1 aromatic heterocycles. The highest BCUT2D eigenvalue weighted by Gasteiger charge is 2.18. The quantitative estimate of drug-likeness (QED) is 0.793. The lowest BCUT2D eigenvalue weighted by Gasteiger charge is -2.22. The maximum Gasteiger partial charge on any atom is 0.318 e. The van der Waals surface area contributed by atoms with Crippen LogP contribution in [0.4, 0.5) is 6.01 Å². The lowest BCUT2D eigenvalue weighted by Crippen LogP contribution is -2.30. The average molecular weight is 240 g/mol. The minimum Gasteiger partial charge on any atom is -0.406 e. The lowest BCUT2D eigenvalue weighted by atomic mass is 10.3. The van der Waals surface area contributed by atoms with E-state index in [1.54, 1.807) is 0 Å². The molecule has 0 bridgehead atoms. The van der Waals surface area contributed by atoms with E-state index in [4.69, 9.17) is 4.42 Å². The second-order valence-corrected chi connectivity index (χ2v) is 4.48. The Bertz CT molecular complexity index is 324. The Morgan fingerprint density at radius 2 is 1.94 bits per heavy atom. The number of rotatable bonds is 7. The molecule has 0 amide bonds. The van der Waals surface area contributed by atoms with Crippen molar-refractivity contribution in [2.75, 3.05) is 18.0 Å². The van der Waals surface area contributed by atoms with Gasteiger partial charge in [0.2, 0.25) is 5.89 Å². The van der Waals surface area contributed by atoms with E-state index in [0.29, 0.717) is 17.9 Å². The minimum atomic E-state index is 0.113. The first-order valence-electron chi connectivity index (χ1n) is 6.43. The minimum absolute atomic E-state index is 0.113. The largest absolute Gasteiger partial charge is 0.406 e. The van der Waals surface area contributed by atoms with Crippen LogP contribution in [-0.2, 0) is 0 Å². The molecule has 1 N–H and O–H groups in total. The van der Waals surface area contributed by atoms with E-state index in [1.165, 1.54) is 0 Å². The van der Waals surface area contributed by atoms with Crippen LogP contribution < -0.4 is 10.2 Å². The van der Waals surface area contributed by atoms with Gasteiger partial charge in [0.15, 0.2) is 0 Å². The number of hydrogen-bond acceptors (Lipinski definition) is 5. The molecule has 0 aliphatic rings. The molecular formula is C12H24N4O. The third-order valence-corrected chi connectivity index (χ3v) is 2.71. The van der Waals surface area contributed by atoms with Gasteiger partial charge in [-0.05, 0) is 40.7 Å². The van der Waals surface area contributed by atoms with Crippen molar-refractivity contribution in [2.24, 2.45) is 0 Å². The summed E-state index contributed by atoms with van der Waals surface area (Å²) in [6.07, 6.45) is 1.10. The Balaban J connectivity index is 2.69. The molecule has 0 aliphatic heterocycles. The van der Waals surface area contributed by atoms with Crippen molar-refractivity contribution in [3.63, 3.8) is 0 Å². The molecule has 98 valence electrons. The zero-order valence-electron chi connectivity index (χ0n) is 11.5. The highest BCUT2D eigenvalue weighted by molar-refractivity contribution is 5.25. The van der Waals surface area contributed by atoms with Gasteiger partial charge in [0.1, 0.15) is 0 Å². The monoisotopic (exact) mass is 240 g/mol. The fourth-order valence-corrected chi connectivity index (χ4v) is 1.69. The maximum atomic E-state index is 5.70. The van der Waals surface area contributed by atoms with Crippen molar-refractivity contribution in [3.8, 4) is 0 Å². The normalized spacial score (nSPS) is 13.1. The van der Waals surface area contributed by atoms with Crippen molar-refractivity contribution in [1.82, 2.24) is 15.5 Å². The third kappa shape index (κ3) is 3.70. The highest BCUT2D eigenvalue weighted by Crippen LogP contribution is 2.18. The number of aromatic nitrogens is 2. The molecule has 5 nitrogen and oxygen atoms in total. The molecule has 1 aromatic rings. The second-order valence-electron chi connectivity index (χ2n) is 4.48. The summed E-state index contributed by atoms with van der Waals surface area (Å²) in [6, 6.07) is 1.09. The van der Waals surface area contributed by atoms with Gasteiger partial charge in [-0.2, -0.15) is 0 Å². The summed E-state index contributed by atoms with van der Waals surface area (Å²) >= 11 is 0. The van der Waals surface area contributed by atoms with Crippen LogP contribution in [0.25, 0.3) is 0 Å². The number of anilines is 1. The van der Waals surface area contributed by atoms with Crippen molar-refractivity contribution in [1.29, 1.82) is 0 Å². The Kier molecular flexibility index (Phi) is 5.41. The summed E-state index contributed by atoms with van der Waals surface area (Å²) in [6.45, 7) is 12.3. The van der Waals surface area contributed by atoms with Crippen LogP contribution in [0.15, 0.2) is 4.42 Å². The van der Waals surface area contributed by atoms with E-state index in [2.05, 4.69) is 48.1 Å². The molecule has 0 saturated carbocycles. The summed E-state index contributed by atoms with van der Waals surface area (Å²) in [5.41, 5.74) is 0. The molecule has 1 unspecified atom stereocenters. The summed E-state index contributed by atoms with van der Waals surface area (Å²) < 4.78 is 5.70. The topological polar surface area (TPSA) is 54.2 Å². The van der Waals surface area contributed by atoms with Crippen molar-refractivity contribution >= 4 is 6.01 Å². The van der Waals surface area contributed by atoms with Crippen LogP contribution in [0.2, 0.25) is 0 Å². The third-order valence-electron chi connectivity index (χ3n) is 2.71. The molecule has 0 aliphatic carbocycles. The zero-order chi connectivity index (χ0) is 12.8. The first-order valence-corrected chi connectivity index (χ1v) is 6.43. The van der Waals surface area contributed by atoms with Crippen LogP contribution in [0.3, 0.4) is 0 Å². The summed E-state index contributed by atoms with van der Waals surface area (Å²) in [4.78, 5) is 2.09. The van der Waals surface area contributed by atoms with E-state index in [1.807, 2.05) is 6.92 Å². The van der Waals surface area contributed by atoms with Crippen LogP contribution in [-0.4, -0.2) is 29.3 Å². The molecule has 5 heteroatoms. The van der Waals surface area contributed by atoms with Gasteiger partial charge in [-0.15, -0.1) is 5.10 Å². The number of nitrogens with zero attached hydrogens (tertiary/aromatic N) is 3. The predicted molar refractivity (Wildman–Crippen MR) is 69.2 cm³/mol. The molecule has 0 radical (unpaired) electrons. The molecule has 17 heavy (non-hydrogen) atoms. The SMILES string of the molecule is CCCNC(C)c1nnc(N(CC)C(C)C)o1. The van der Waals surface area contributed by atoms with Crippen LogP contribution >= 0.6 is 0 Å². The van der Waals surface area contributed by atoms with Gasteiger partial charge in [-0.3, -0.25) is 0 Å². The van der Waals surface area contributed by atoms with E-state index >= 15 is 0 Å². The maximum absolute atomic E-state index is 5.70. The van der Waals surface area contributed by atoms with Crippen molar-refractivity contribution in [2.45, 2.75) is 53.1 Å². The van der Waals surface area contributed by atoms with Gasteiger partial charge in [-0.25, -0.2) is 0 Å². The van der Waals surface area contributed by atoms with E-state index in [-0.39, 0.29) is 6.04 Å². The van der Waals surface area contributed by atoms with Gasteiger partial charge < -0.3 is 14.6 Å². The van der Waals surface area contributed by atoms with E-state index in [0.717, 1.165) is 19.5 Å². The zero-order valence-corrected chi connectivity index (χ0v) is 11.5. The van der Waals surface area contributed by atoms with Crippen molar-refractivity contribution in [3.05, 3.63) is 5.89 Å². The summed E-state index contributed by atoms with van der Waals surface area (Å²) in [7, 11) is 0. The second kappa shape index (κ2) is 6.59. The molecule has 0 aromatic carbocycles. The molecule has 1 heterocycles. The predicted octanol–water partition coefficient (Wildman–Crippen LogP) is 2.36. The van der Waals surface area contributed by atoms with E-state index < -0.39 is 0 Å². The number of hydrogen-bond donors (Lipinski definition) is 1. The molecule has 1 rings (SSSR count). The molecule has 1 atom stereocenters. The van der Waals surface area contributed by atoms with Gasteiger partial charge >= 0.3 is 6.01 Å². The van der Waals surface area contributed by atoms with Gasteiger partial charge in [0.25, 0.3) is 0 Å². The fraction of sp³-hybridized carbons (Fsp3) is 0.833. The van der Waals surface area contributed by atoms with Crippen molar-refractivity contribution < 1.29 is 4.42 Å². The standard InChI is InChI=1S/C12H24N4O/c1-6-8-13-10(5)11-14-15-12(17-11)16(7-2)9(3)4/h9-10,13H,6-8H2,1-5H3. The Morgan fingerprint density at radius 3 is 2.47 bits per heavy atom. The molecule has 0 spiro atoms. The molecular weight excluding hydrogens is 216 g/mol. The van der Waals surface area contributed by atoms with E-state index in [9.17, 15) is 0 Å². The average Bonchev–Trinajstić information content (AvgIpc) is 2.75. The molecule has 0 saturated heterocycles. The van der Waals surface area contributed by atoms with Gasteiger partial charge in [0.05, 0.1) is 6.04 Å². The first-order chi connectivity index (χ1) is 8.10. The number of nitrogens with one attached hydrogen (secondary N) is 1. The van der Waals surface area contributed by atoms with Crippen LogP contribution in [0.1, 0.15) is 53.0 Å². The Morgan fingerprint density at radius 1 is 1.24 bits per heavy atom. The summed E-state index contributed by atoms with van der Waals surface area (Å²) in [5.74, 6) is 0.660. The molecule has 0 fully saturated rings.